The van der Waals surface area contributed by atoms with Crippen LogP contribution in [0.4, 0.5) is 0 Å². The molecule has 2 aliphatic rings. The van der Waals surface area contributed by atoms with Crippen LogP contribution in [0.1, 0.15) is 47.0 Å². The topological polar surface area (TPSA) is 58.4 Å². The Kier molecular flexibility index (Phi) is 4.21. The molecule has 3 atom stereocenters. The minimum Gasteiger partial charge on any atom is -0.368 e. The minimum absolute atomic E-state index is 0.171. The van der Waals surface area contributed by atoms with E-state index in [4.69, 9.17) is 5.73 Å². The van der Waals surface area contributed by atoms with Gasteiger partial charge in [-0.25, -0.2) is 0 Å². The fourth-order valence-electron chi connectivity index (χ4n) is 3.66. The molecule has 110 valence electrons. The number of hydrogen-bond acceptors (Lipinski definition) is 3. The molecule has 1 amide bonds. The molecule has 3 N–H and O–H groups in total. The summed E-state index contributed by atoms with van der Waals surface area (Å²) in [5.41, 5.74) is 5.27. The van der Waals surface area contributed by atoms with Gasteiger partial charge in [0.1, 0.15) is 5.54 Å². The van der Waals surface area contributed by atoms with Crippen LogP contribution in [0.25, 0.3) is 0 Å². The molecule has 2 rings (SSSR count). The molecular formula is C15H29N3O. The van der Waals surface area contributed by atoms with Crippen LogP contribution in [-0.2, 0) is 4.79 Å². The van der Waals surface area contributed by atoms with Gasteiger partial charge >= 0.3 is 0 Å². The summed E-state index contributed by atoms with van der Waals surface area (Å²) in [5, 5.41) is 3.50. The predicted octanol–water partition coefficient (Wildman–Crippen LogP) is 1.35. The van der Waals surface area contributed by atoms with Crippen LogP contribution >= 0.6 is 0 Å². The highest BCUT2D eigenvalue weighted by atomic mass is 16.1. The standard InChI is InChI=1S/C15H29N3O/c1-10(2)17-15(14(16)19,13-5-6-13)9-18-8-11(3)7-12(18)4/h10-13,17H,5-9H2,1-4H3,(H2,16,19). The van der Waals surface area contributed by atoms with E-state index < -0.39 is 5.54 Å². The van der Waals surface area contributed by atoms with Crippen molar-refractivity contribution in [1.29, 1.82) is 0 Å². The van der Waals surface area contributed by atoms with E-state index in [2.05, 4.69) is 37.9 Å². The first-order chi connectivity index (χ1) is 8.85. The van der Waals surface area contributed by atoms with Gasteiger partial charge in [-0.3, -0.25) is 15.0 Å². The molecule has 4 heteroatoms. The molecule has 4 nitrogen and oxygen atoms in total. The van der Waals surface area contributed by atoms with Gasteiger partial charge in [-0.2, -0.15) is 0 Å². The molecule has 0 spiro atoms. The molecule has 2 fully saturated rings. The summed E-state index contributed by atoms with van der Waals surface area (Å²) in [6.07, 6.45) is 3.47. The third-order valence-corrected chi connectivity index (χ3v) is 4.63. The van der Waals surface area contributed by atoms with Crippen molar-refractivity contribution in [2.45, 2.75) is 64.6 Å². The Balaban J connectivity index is 2.15. The number of nitrogens with two attached hydrogens (primary N) is 1. The van der Waals surface area contributed by atoms with Crippen LogP contribution in [0, 0.1) is 11.8 Å². The van der Waals surface area contributed by atoms with E-state index in [9.17, 15) is 4.79 Å². The number of nitrogens with zero attached hydrogens (tertiary/aromatic N) is 1. The third-order valence-electron chi connectivity index (χ3n) is 4.63. The number of carbonyl (C=O) groups is 1. The van der Waals surface area contributed by atoms with Crippen LogP contribution < -0.4 is 11.1 Å². The number of carbonyl (C=O) groups excluding carboxylic acids is 1. The van der Waals surface area contributed by atoms with Crippen molar-refractivity contribution in [1.82, 2.24) is 10.2 Å². The van der Waals surface area contributed by atoms with Crippen molar-refractivity contribution in [3.8, 4) is 0 Å². The Morgan fingerprint density at radius 3 is 2.42 bits per heavy atom. The van der Waals surface area contributed by atoms with Crippen molar-refractivity contribution in [2.75, 3.05) is 13.1 Å². The average molecular weight is 267 g/mol. The Hall–Kier alpha value is -0.610. The lowest BCUT2D eigenvalue weighted by atomic mass is 9.90. The lowest BCUT2D eigenvalue weighted by Gasteiger charge is -2.38. The third kappa shape index (κ3) is 3.11. The van der Waals surface area contributed by atoms with Gasteiger partial charge in [-0.05, 0) is 51.9 Å². The molecule has 1 aliphatic heterocycles. The quantitative estimate of drug-likeness (QED) is 0.764. The van der Waals surface area contributed by atoms with Crippen LogP contribution in [0.5, 0.6) is 0 Å². The molecule has 0 aromatic rings. The summed E-state index contributed by atoms with van der Waals surface area (Å²) >= 11 is 0. The molecule has 19 heavy (non-hydrogen) atoms. The monoisotopic (exact) mass is 267 g/mol. The van der Waals surface area contributed by atoms with Gasteiger partial charge in [0.05, 0.1) is 0 Å². The highest BCUT2D eigenvalue weighted by Gasteiger charge is 2.51. The van der Waals surface area contributed by atoms with Crippen LogP contribution in [0.15, 0.2) is 0 Å². The fraction of sp³-hybridized carbons (Fsp3) is 0.933. The fourth-order valence-corrected chi connectivity index (χ4v) is 3.66. The first-order valence-corrected chi connectivity index (χ1v) is 7.66. The summed E-state index contributed by atoms with van der Waals surface area (Å²) in [7, 11) is 0. The molecule has 0 aromatic heterocycles. The number of amides is 1. The van der Waals surface area contributed by atoms with Gasteiger partial charge in [0.2, 0.25) is 5.91 Å². The molecule has 1 saturated heterocycles. The maximum Gasteiger partial charge on any atom is 0.239 e. The van der Waals surface area contributed by atoms with Gasteiger partial charge < -0.3 is 5.73 Å². The Morgan fingerprint density at radius 1 is 1.42 bits per heavy atom. The van der Waals surface area contributed by atoms with Gasteiger partial charge in [0.25, 0.3) is 0 Å². The van der Waals surface area contributed by atoms with E-state index in [1.165, 1.54) is 6.42 Å². The lowest BCUT2D eigenvalue weighted by Crippen LogP contribution is -2.65. The van der Waals surface area contributed by atoms with Crippen LogP contribution in [0.3, 0.4) is 0 Å². The van der Waals surface area contributed by atoms with E-state index in [1.54, 1.807) is 0 Å². The first kappa shape index (κ1) is 14.8. The van der Waals surface area contributed by atoms with Crippen LogP contribution in [0.2, 0.25) is 0 Å². The van der Waals surface area contributed by atoms with E-state index >= 15 is 0 Å². The number of likely N-dealkylation sites (tertiary alicyclic amines) is 1. The van der Waals surface area contributed by atoms with Gasteiger partial charge in [0, 0.05) is 25.2 Å². The summed E-state index contributed by atoms with van der Waals surface area (Å²) in [6.45, 7) is 10.6. The SMILES string of the molecule is CC1CC(C)N(CC(NC(C)C)(C(N)=O)C2CC2)C1. The molecule has 1 aliphatic carbocycles. The van der Waals surface area contributed by atoms with Crippen molar-refractivity contribution >= 4 is 5.91 Å². The minimum atomic E-state index is -0.521. The molecule has 1 heterocycles. The first-order valence-electron chi connectivity index (χ1n) is 7.66. The molecule has 0 bridgehead atoms. The summed E-state index contributed by atoms with van der Waals surface area (Å²) in [6, 6.07) is 0.838. The summed E-state index contributed by atoms with van der Waals surface area (Å²) < 4.78 is 0. The second-order valence-corrected chi connectivity index (χ2v) is 7.03. The zero-order chi connectivity index (χ0) is 14.2. The summed E-state index contributed by atoms with van der Waals surface area (Å²) in [5.74, 6) is 0.977. The number of rotatable bonds is 6. The molecule has 0 radical (unpaired) electrons. The van der Waals surface area contributed by atoms with Crippen molar-refractivity contribution in [3.05, 3.63) is 0 Å². The largest absolute Gasteiger partial charge is 0.368 e. The Morgan fingerprint density at radius 2 is 2.05 bits per heavy atom. The molecule has 3 unspecified atom stereocenters. The Labute approximate surface area is 117 Å². The van der Waals surface area contributed by atoms with Crippen molar-refractivity contribution < 1.29 is 4.79 Å². The smallest absolute Gasteiger partial charge is 0.239 e. The maximum absolute atomic E-state index is 12.1. The van der Waals surface area contributed by atoms with Crippen molar-refractivity contribution in [2.24, 2.45) is 17.6 Å². The second-order valence-electron chi connectivity index (χ2n) is 7.03. The van der Waals surface area contributed by atoms with Gasteiger partial charge in [-0.1, -0.05) is 6.92 Å². The highest BCUT2D eigenvalue weighted by Crippen LogP contribution is 2.41. The summed E-state index contributed by atoms with van der Waals surface area (Å²) in [4.78, 5) is 14.6. The van der Waals surface area contributed by atoms with E-state index in [0.29, 0.717) is 12.0 Å². The number of primary amides is 1. The zero-order valence-corrected chi connectivity index (χ0v) is 12.8. The predicted molar refractivity (Wildman–Crippen MR) is 77.7 cm³/mol. The molecule has 1 saturated carbocycles. The van der Waals surface area contributed by atoms with E-state index in [-0.39, 0.29) is 11.9 Å². The molecular weight excluding hydrogens is 238 g/mol. The Bertz CT molecular complexity index is 340. The van der Waals surface area contributed by atoms with Crippen molar-refractivity contribution in [3.63, 3.8) is 0 Å². The number of nitrogens with one attached hydrogen (secondary N) is 1. The highest BCUT2D eigenvalue weighted by molar-refractivity contribution is 5.86. The van der Waals surface area contributed by atoms with Crippen LogP contribution in [-0.4, -0.2) is 41.5 Å². The average Bonchev–Trinajstić information content (AvgIpc) is 3.05. The van der Waals surface area contributed by atoms with E-state index in [0.717, 1.165) is 31.8 Å². The maximum atomic E-state index is 12.1. The van der Waals surface area contributed by atoms with E-state index in [1.807, 2.05) is 0 Å². The number of hydrogen-bond donors (Lipinski definition) is 2. The lowest BCUT2D eigenvalue weighted by molar-refractivity contribution is -0.126. The molecule has 0 aromatic carbocycles. The van der Waals surface area contributed by atoms with Gasteiger partial charge in [0.15, 0.2) is 0 Å². The zero-order valence-electron chi connectivity index (χ0n) is 12.8. The second kappa shape index (κ2) is 5.41. The van der Waals surface area contributed by atoms with Gasteiger partial charge in [-0.15, -0.1) is 0 Å². The normalized spacial score (nSPS) is 31.6.